The molecule has 4 unspecified atom stereocenters. The van der Waals surface area contributed by atoms with Crippen LogP contribution in [0.2, 0.25) is 0 Å². The van der Waals surface area contributed by atoms with Gasteiger partial charge in [0.2, 0.25) is 18.0 Å². The van der Waals surface area contributed by atoms with Crippen LogP contribution in [0.15, 0.2) is 44.6 Å². The van der Waals surface area contributed by atoms with Gasteiger partial charge in [0.15, 0.2) is 11.5 Å². The number of fused-ring (bicyclic) bond motifs is 2. The summed E-state index contributed by atoms with van der Waals surface area (Å²) in [6.45, 7) is 5.94. The minimum atomic E-state index is -1.78. The Labute approximate surface area is 297 Å². The summed E-state index contributed by atoms with van der Waals surface area (Å²) < 4.78 is 35.0. The number of ether oxygens (including phenoxy) is 5. The molecule has 2 aliphatic rings. The third-order valence-electron chi connectivity index (χ3n) is 9.13. The number of methoxy groups -OCH3 is 1. The number of hydrogen-bond acceptors (Lipinski definition) is 16. The molecule has 2 aromatic carbocycles. The van der Waals surface area contributed by atoms with Gasteiger partial charge in [-0.2, -0.15) is 0 Å². The van der Waals surface area contributed by atoms with Crippen molar-refractivity contribution >= 4 is 21.9 Å². The summed E-state index contributed by atoms with van der Waals surface area (Å²) in [5, 5.41) is 93.5. The van der Waals surface area contributed by atoms with Crippen LogP contribution in [0.1, 0.15) is 38.8 Å². The monoisotopic (exact) mass is 734 g/mol. The van der Waals surface area contributed by atoms with E-state index in [0.29, 0.717) is 0 Å². The Hall–Kier alpha value is -3.81. The number of phenols is 1. The Morgan fingerprint density at radius 1 is 0.692 bits per heavy atom. The van der Waals surface area contributed by atoms with Crippen molar-refractivity contribution in [1.82, 2.24) is 0 Å². The van der Waals surface area contributed by atoms with Crippen LogP contribution >= 0.6 is 0 Å². The predicted molar refractivity (Wildman–Crippen MR) is 183 cm³/mol. The maximum atomic E-state index is 14.5. The summed E-state index contributed by atoms with van der Waals surface area (Å²) >= 11 is 0. The third-order valence-corrected chi connectivity index (χ3v) is 9.13. The van der Waals surface area contributed by atoms with Gasteiger partial charge in [-0.3, -0.25) is 4.79 Å². The number of phenolic OH excluding ortho intramolecular Hbond substituents is 1. The van der Waals surface area contributed by atoms with E-state index in [1.807, 2.05) is 33.8 Å². The maximum Gasteiger partial charge on any atom is 0.229 e. The van der Waals surface area contributed by atoms with Crippen LogP contribution in [0.25, 0.3) is 21.9 Å². The van der Waals surface area contributed by atoms with E-state index in [0.717, 1.165) is 11.1 Å². The summed E-state index contributed by atoms with van der Waals surface area (Å²) in [6, 6.07) is 2.58. The number of allylic oxidation sites excluding steroid dienone is 4. The van der Waals surface area contributed by atoms with Crippen LogP contribution in [0, 0.1) is 0 Å². The zero-order valence-corrected chi connectivity index (χ0v) is 29.3. The van der Waals surface area contributed by atoms with E-state index in [2.05, 4.69) is 0 Å². The molecule has 0 bridgehead atoms. The molecule has 0 spiro atoms. The van der Waals surface area contributed by atoms with Crippen molar-refractivity contribution < 1.29 is 74.1 Å². The van der Waals surface area contributed by atoms with Gasteiger partial charge in [-0.15, -0.1) is 0 Å². The zero-order valence-electron chi connectivity index (χ0n) is 29.3. The molecular weight excluding hydrogens is 688 g/mol. The summed E-state index contributed by atoms with van der Waals surface area (Å²) in [7, 11) is 1.33. The lowest BCUT2D eigenvalue weighted by Crippen LogP contribution is -2.60. The fourth-order valence-corrected chi connectivity index (χ4v) is 6.20. The minimum Gasteiger partial charge on any atom is -0.507 e. The number of hydrogen-bond donors (Lipinski definition) is 9. The van der Waals surface area contributed by atoms with Gasteiger partial charge in [0.1, 0.15) is 76.9 Å². The molecule has 0 radical (unpaired) electrons. The van der Waals surface area contributed by atoms with E-state index >= 15 is 0 Å². The Morgan fingerprint density at radius 3 is 1.63 bits per heavy atom. The highest BCUT2D eigenvalue weighted by Gasteiger charge is 2.46. The van der Waals surface area contributed by atoms with Crippen molar-refractivity contribution in [3.8, 4) is 23.0 Å². The van der Waals surface area contributed by atoms with Gasteiger partial charge in [0.05, 0.1) is 25.7 Å². The summed E-state index contributed by atoms with van der Waals surface area (Å²) in [5.41, 5.74) is 1.26. The van der Waals surface area contributed by atoms with Gasteiger partial charge in [0.25, 0.3) is 0 Å². The van der Waals surface area contributed by atoms with Gasteiger partial charge >= 0.3 is 0 Å². The van der Waals surface area contributed by atoms with E-state index in [-0.39, 0.29) is 63.2 Å². The summed E-state index contributed by atoms with van der Waals surface area (Å²) in [6.07, 6.45) is -12.3. The fourth-order valence-electron chi connectivity index (χ4n) is 6.20. The second kappa shape index (κ2) is 16.1. The molecular formula is C36H46O16. The van der Waals surface area contributed by atoms with Crippen LogP contribution in [0.4, 0.5) is 0 Å². The molecule has 5 rings (SSSR count). The van der Waals surface area contributed by atoms with Gasteiger partial charge in [-0.05, 0) is 40.5 Å². The van der Waals surface area contributed by atoms with E-state index in [1.165, 1.54) is 19.2 Å². The maximum absolute atomic E-state index is 14.5. The van der Waals surface area contributed by atoms with Crippen molar-refractivity contribution in [2.24, 2.45) is 0 Å². The SMILES string of the molecule is COc1c(O[C@@H]2OC(CO)[C@H](O)[C@H](O)C2O)cc2oc3cc(O[C@H]4O[C@H](CO)[C@@H](O)C(O)C4O)c(CC=C(C)C)c(O)c3c(=O)c2c1CC=C(C)C. The molecule has 286 valence electrons. The molecule has 52 heavy (non-hydrogen) atoms. The first-order chi connectivity index (χ1) is 24.6. The quantitative estimate of drug-likeness (QED) is 0.0930. The van der Waals surface area contributed by atoms with E-state index in [9.17, 15) is 50.8 Å². The highest BCUT2D eigenvalue weighted by atomic mass is 16.7. The largest absolute Gasteiger partial charge is 0.507 e. The Morgan fingerprint density at radius 2 is 1.15 bits per heavy atom. The highest BCUT2D eigenvalue weighted by Crippen LogP contribution is 2.43. The van der Waals surface area contributed by atoms with Crippen LogP contribution in [0.5, 0.6) is 23.0 Å². The van der Waals surface area contributed by atoms with Crippen LogP contribution in [0.3, 0.4) is 0 Å². The van der Waals surface area contributed by atoms with Gasteiger partial charge in [-0.25, -0.2) is 0 Å². The van der Waals surface area contributed by atoms with Crippen molar-refractivity contribution in [3.05, 3.63) is 56.8 Å². The molecule has 0 amide bonds. The van der Waals surface area contributed by atoms with Gasteiger partial charge < -0.3 is 74.1 Å². The molecule has 10 atom stereocenters. The number of aromatic hydroxyl groups is 1. The second-order valence-corrected chi connectivity index (χ2v) is 13.4. The molecule has 2 aliphatic heterocycles. The van der Waals surface area contributed by atoms with E-state index < -0.39 is 85.8 Å². The molecule has 2 fully saturated rings. The summed E-state index contributed by atoms with van der Waals surface area (Å²) in [5.74, 6) is -0.661. The lowest BCUT2D eigenvalue weighted by molar-refractivity contribution is -0.277. The topological polar surface area (TPSA) is 258 Å². The fraction of sp³-hybridized carbons (Fsp3) is 0.528. The zero-order chi connectivity index (χ0) is 38.2. The molecule has 9 N–H and O–H groups in total. The van der Waals surface area contributed by atoms with Crippen molar-refractivity contribution in [3.63, 3.8) is 0 Å². The minimum absolute atomic E-state index is 0.0223. The van der Waals surface area contributed by atoms with Crippen LogP contribution < -0.4 is 19.6 Å². The summed E-state index contributed by atoms with van der Waals surface area (Å²) in [4.78, 5) is 14.5. The Kier molecular flexibility index (Phi) is 12.2. The van der Waals surface area contributed by atoms with E-state index in [1.54, 1.807) is 6.08 Å². The molecule has 16 nitrogen and oxygen atoms in total. The first-order valence-corrected chi connectivity index (χ1v) is 16.7. The van der Waals surface area contributed by atoms with Crippen molar-refractivity contribution in [2.75, 3.05) is 20.3 Å². The number of benzene rings is 2. The van der Waals surface area contributed by atoms with E-state index in [4.69, 9.17) is 28.1 Å². The first kappa shape index (κ1) is 39.4. The normalized spacial score (nSPS) is 29.2. The smallest absolute Gasteiger partial charge is 0.229 e. The van der Waals surface area contributed by atoms with Gasteiger partial charge in [-0.1, -0.05) is 23.3 Å². The number of rotatable bonds is 11. The molecule has 2 saturated heterocycles. The number of aliphatic hydroxyl groups excluding tert-OH is 8. The molecule has 0 saturated carbocycles. The first-order valence-electron chi connectivity index (χ1n) is 16.7. The molecule has 3 aromatic rings. The molecule has 16 heteroatoms. The Balaban J connectivity index is 1.73. The second-order valence-electron chi connectivity index (χ2n) is 13.4. The third kappa shape index (κ3) is 7.49. The highest BCUT2D eigenvalue weighted by molar-refractivity contribution is 5.98. The molecule has 3 heterocycles. The lowest BCUT2D eigenvalue weighted by atomic mass is 9.97. The lowest BCUT2D eigenvalue weighted by Gasteiger charge is -2.39. The average Bonchev–Trinajstić information content (AvgIpc) is 3.10. The Bertz CT molecular complexity index is 1870. The van der Waals surface area contributed by atoms with Crippen LogP contribution in [-0.4, -0.2) is 128 Å². The average molecular weight is 735 g/mol. The standard InChI is InChI=1S/C36H46O16/c1-14(2)6-8-16-18(49-35-32(45)30(43)27(40)22(12-37)51-35)10-20-25(26(16)39)29(42)24-17(9-7-15(3)4)34(47-5)21(11-19(24)48-20)50-36-33(46)31(44)28(41)23(13-38)52-36/h6-7,10-11,22-23,27-28,30-33,35-41,43-46H,8-9,12-13H2,1-5H3/t22-,23?,27-,28+,30?,31+,32?,33?,35+,36-/m1/s1. The van der Waals surface area contributed by atoms with Crippen molar-refractivity contribution in [1.29, 1.82) is 0 Å². The molecule has 1 aromatic heterocycles. The molecule has 0 aliphatic carbocycles. The predicted octanol–water partition coefficient (Wildman–Crippen LogP) is 0.0352. The van der Waals surface area contributed by atoms with Gasteiger partial charge in [0, 0.05) is 23.3 Å². The van der Waals surface area contributed by atoms with Crippen molar-refractivity contribution in [2.45, 2.75) is 102 Å². The van der Waals surface area contributed by atoms with Crippen LogP contribution in [-0.2, 0) is 22.3 Å². The number of aliphatic hydroxyl groups is 8.